The molecular weight excluding hydrogens is 280 g/mol. The highest BCUT2D eigenvalue weighted by molar-refractivity contribution is 6.60. The van der Waals surface area contributed by atoms with Crippen LogP contribution in [0.3, 0.4) is 0 Å². The van der Waals surface area contributed by atoms with Gasteiger partial charge in [-0.05, 0) is 12.1 Å². The molecule has 0 amide bonds. The van der Waals surface area contributed by atoms with E-state index in [0.717, 1.165) is 0 Å². The minimum absolute atomic E-state index is 0.0153. The molecule has 0 saturated heterocycles. The Morgan fingerprint density at radius 1 is 1.11 bits per heavy atom. The summed E-state index contributed by atoms with van der Waals surface area (Å²) in [6.45, 7) is -0.437. The van der Waals surface area contributed by atoms with Crippen LogP contribution in [0.4, 0.5) is 4.79 Å². The monoisotopic (exact) mass is 290 g/mol. The number of aliphatic hydroxyl groups excluding tert-OH is 1. The zero-order chi connectivity index (χ0) is 14.8. The first-order chi connectivity index (χ1) is 8.90. The molecule has 0 unspecified atom stereocenters. The molecule has 0 saturated carbocycles. The molecule has 1 aromatic rings. The summed E-state index contributed by atoms with van der Waals surface area (Å²) in [7, 11) is 0. The number of hydrogen-bond acceptors (Lipinski definition) is 5. The lowest BCUT2D eigenvalue weighted by atomic mass is 10.1. The number of carbonyl (C=O) groups is 3. The molecule has 0 aliphatic heterocycles. The van der Waals surface area contributed by atoms with Gasteiger partial charge < -0.3 is 20.1 Å². The van der Waals surface area contributed by atoms with Gasteiger partial charge in [-0.25, -0.2) is 14.4 Å². The van der Waals surface area contributed by atoms with E-state index in [1.807, 2.05) is 0 Å². The molecule has 19 heavy (non-hydrogen) atoms. The number of carboxylic acid groups (broad SMARTS) is 2. The average Bonchev–Trinajstić information content (AvgIpc) is 2.35. The van der Waals surface area contributed by atoms with Crippen LogP contribution in [-0.4, -0.2) is 45.9 Å². The third-order valence-corrected chi connectivity index (χ3v) is 1.70. The molecule has 0 atom stereocenters. The predicted octanol–water partition coefficient (Wildman–Crippen LogP) is 1.44. The van der Waals surface area contributed by atoms with Crippen molar-refractivity contribution >= 4 is 29.0 Å². The molecule has 3 N–H and O–H groups in total. The van der Waals surface area contributed by atoms with Crippen LogP contribution in [-0.2, 0) is 4.74 Å². The molecule has 0 bridgehead atoms. The number of hydrogen-bond donors (Lipinski definition) is 3. The number of benzene rings is 1. The summed E-state index contributed by atoms with van der Waals surface area (Å²) in [6.07, 6.45) is 0. The van der Waals surface area contributed by atoms with Crippen molar-refractivity contribution in [2.45, 2.75) is 0 Å². The van der Waals surface area contributed by atoms with E-state index in [-0.39, 0.29) is 24.3 Å². The summed E-state index contributed by atoms with van der Waals surface area (Å²) >= 11 is 4.19. The molecule has 8 heteroatoms. The Balaban J connectivity index is 0.000000711. The van der Waals surface area contributed by atoms with E-state index in [9.17, 15) is 9.59 Å². The van der Waals surface area contributed by atoms with Crippen LogP contribution in [0.15, 0.2) is 24.3 Å². The number of esters is 1. The fraction of sp³-hybridized carbons (Fsp3) is 0.182. The Morgan fingerprint density at radius 3 is 2.00 bits per heavy atom. The number of aromatic carboxylic acids is 1. The molecule has 0 aliphatic rings. The fourth-order valence-electron chi connectivity index (χ4n) is 1.06. The molecule has 0 radical (unpaired) electrons. The number of carboxylic acids is 1. The minimum atomic E-state index is -1.36. The van der Waals surface area contributed by atoms with Gasteiger partial charge in [0, 0.05) is 11.6 Å². The van der Waals surface area contributed by atoms with Gasteiger partial charge in [-0.3, -0.25) is 0 Å². The lowest BCUT2D eigenvalue weighted by molar-refractivity contribution is 0.0426. The van der Waals surface area contributed by atoms with Gasteiger partial charge in [-0.2, -0.15) is 0 Å². The van der Waals surface area contributed by atoms with E-state index in [1.165, 1.54) is 18.2 Å². The zero-order valence-corrected chi connectivity index (χ0v) is 10.3. The Bertz CT molecular complexity index is 454. The number of halogens is 1. The Hall–Kier alpha value is -2.12. The van der Waals surface area contributed by atoms with Crippen molar-refractivity contribution < 1.29 is 34.4 Å². The predicted molar refractivity (Wildman–Crippen MR) is 64.6 cm³/mol. The first kappa shape index (κ1) is 16.9. The Morgan fingerprint density at radius 2 is 1.58 bits per heavy atom. The number of ether oxygens (including phenoxy) is 1. The highest BCUT2D eigenvalue weighted by Crippen LogP contribution is 2.10. The maximum Gasteiger partial charge on any atom is 0.401 e. The topological polar surface area (TPSA) is 121 Å². The van der Waals surface area contributed by atoms with Crippen LogP contribution < -0.4 is 0 Å². The van der Waals surface area contributed by atoms with Crippen LogP contribution in [0.5, 0.6) is 0 Å². The molecule has 104 valence electrons. The third kappa shape index (κ3) is 7.02. The fourth-order valence-corrected chi connectivity index (χ4v) is 1.06. The van der Waals surface area contributed by atoms with Crippen molar-refractivity contribution in [2.75, 3.05) is 13.2 Å². The molecule has 0 spiro atoms. The largest absolute Gasteiger partial charge is 0.478 e. The Kier molecular flexibility index (Phi) is 7.90. The SMILES string of the molecule is O=C(O)Cl.O=C(O)c1ccccc1C(=O)OCCO. The average molecular weight is 291 g/mol. The van der Waals surface area contributed by atoms with Crippen LogP contribution in [0.2, 0.25) is 0 Å². The van der Waals surface area contributed by atoms with E-state index >= 15 is 0 Å². The quantitative estimate of drug-likeness (QED) is 0.566. The first-order valence-electron chi connectivity index (χ1n) is 4.88. The zero-order valence-electron chi connectivity index (χ0n) is 9.58. The van der Waals surface area contributed by atoms with Gasteiger partial charge in [-0.1, -0.05) is 12.1 Å². The van der Waals surface area contributed by atoms with Crippen LogP contribution >= 0.6 is 11.6 Å². The third-order valence-electron chi connectivity index (χ3n) is 1.70. The molecule has 0 fully saturated rings. The van der Waals surface area contributed by atoms with Gasteiger partial charge in [0.1, 0.15) is 6.61 Å². The lowest BCUT2D eigenvalue weighted by Gasteiger charge is -2.05. The van der Waals surface area contributed by atoms with Gasteiger partial charge in [0.05, 0.1) is 17.7 Å². The van der Waals surface area contributed by atoms with E-state index in [4.69, 9.17) is 20.1 Å². The van der Waals surface area contributed by atoms with Gasteiger partial charge in [-0.15, -0.1) is 0 Å². The maximum atomic E-state index is 11.3. The van der Waals surface area contributed by atoms with Crippen molar-refractivity contribution in [2.24, 2.45) is 0 Å². The summed E-state index contributed by atoms with van der Waals surface area (Å²) in [5.74, 6) is -1.94. The standard InChI is InChI=1S/C10H10O5.CHClO2/c11-5-6-15-10(14)8-4-2-1-3-7(8)9(12)13;2-1(3)4/h1-4,11H,5-6H2,(H,12,13);(H,3,4). The van der Waals surface area contributed by atoms with Crippen LogP contribution in [0, 0.1) is 0 Å². The number of rotatable bonds is 4. The molecule has 0 aliphatic carbocycles. The van der Waals surface area contributed by atoms with E-state index < -0.39 is 17.4 Å². The lowest BCUT2D eigenvalue weighted by Crippen LogP contribution is -2.13. The van der Waals surface area contributed by atoms with E-state index in [0.29, 0.717) is 0 Å². The van der Waals surface area contributed by atoms with Crippen LogP contribution in [0.1, 0.15) is 20.7 Å². The molecular formula is C11H11ClO7. The van der Waals surface area contributed by atoms with Crippen molar-refractivity contribution in [1.82, 2.24) is 0 Å². The van der Waals surface area contributed by atoms with Crippen molar-refractivity contribution in [1.29, 1.82) is 0 Å². The van der Waals surface area contributed by atoms with Crippen molar-refractivity contribution in [3.63, 3.8) is 0 Å². The molecule has 0 aromatic heterocycles. The smallest absolute Gasteiger partial charge is 0.401 e. The highest BCUT2D eigenvalue weighted by Gasteiger charge is 2.16. The van der Waals surface area contributed by atoms with Gasteiger partial charge in [0.15, 0.2) is 0 Å². The van der Waals surface area contributed by atoms with Crippen LogP contribution in [0.25, 0.3) is 0 Å². The van der Waals surface area contributed by atoms with Gasteiger partial charge >= 0.3 is 17.4 Å². The summed E-state index contributed by atoms with van der Waals surface area (Å²) in [4.78, 5) is 30.8. The van der Waals surface area contributed by atoms with Crippen molar-refractivity contribution in [3.05, 3.63) is 35.4 Å². The highest BCUT2D eigenvalue weighted by atomic mass is 35.5. The van der Waals surface area contributed by atoms with Gasteiger partial charge in [0.2, 0.25) is 0 Å². The maximum absolute atomic E-state index is 11.3. The summed E-state index contributed by atoms with van der Waals surface area (Å²) < 4.78 is 4.62. The second kappa shape index (κ2) is 8.90. The molecule has 1 rings (SSSR count). The van der Waals surface area contributed by atoms with E-state index in [1.54, 1.807) is 6.07 Å². The number of aliphatic hydroxyl groups is 1. The normalized spacial score (nSPS) is 8.95. The van der Waals surface area contributed by atoms with Gasteiger partial charge in [0.25, 0.3) is 0 Å². The van der Waals surface area contributed by atoms with Crippen molar-refractivity contribution in [3.8, 4) is 0 Å². The minimum Gasteiger partial charge on any atom is -0.478 e. The summed E-state index contributed by atoms with van der Waals surface area (Å²) in [6, 6.07) is 5.75. The molecule has 1 aromatic carbocycles. The second-order valence-corrected chi connectivity index (χ2v) is 3.29. The molecule has 0 heterocycles. The Labute approximate surface area is 113 Å². The number of carbonyl (C=O) groups excluding carboxylic acids is 1. The molecule has 7 nitrogen and oxygen atoms in total. The summed E-state index contributed by atoms with van der Waals surface area (Å²) in [5, 5.41) is 24.4. The van der Waals surface area contributed by atoms with E-state index in [2.05, 4.69) is 16.3 Å². The summed E-state index contributed by atoms with van der Waals surface area (Å²) in [5.41, 5.74) is -1.49. The second-order valence-electron chi connectivity index (χ2n) is 2.96. The first-order valence-corrected chi connectivity index (χ1v) is 5.26.